The Morgan fingerprint density at radius 3 is 2.74 bits per heavy atom. The molecule has 2 fully saturated rings. The van der Waals surface area contributed by atoms with Crippen LogP contribution in [0.15, 0.2) is 5.18 Å². The molecule has 0 saturated carbocycles. The van der Waals surface area contributed by atoms with Crippen LogP contribution in [-0.2, 0) is 14.2 Å². The highest BCUT2D eigenvalue weighted by atomic mass is 16.7. The molecule has 0 radical (unpaired) electrons. The predicted octanol–water partition coefficient (Wildman–Crippen LogP) is -1.24. The van der Waals surface area contributed by atoms with Gasteiger partial charge >= 0.3 is 0 Å². The summed E-state index contributed by atoms with van der Waals surface area (Å²) in [5.41, 5.74) is 0. The first kappa shape index (κ1) is 14.8. The van der Waals surface area contributed by atoms with E-state index in [4.69, 9.17) is 19.3 Å². The fourth-order valence-electron chi connectivity index (χ4n) is 2.28. The first-order chi connectivity index (χ1) is 9.13. The van der Waals surface area contributed by atoms with Crippen LogP contribution in [0.25, 0.3) is 0 Å². The molecule has 0 aromatic carbocycles. The first-order valence-corrected chi connectivity index (χ1v) is 6.32. The van der Waals surface area contributed by atoms with Crippen molar-refractivity contribution in [3.8, 4) is 0 Å². The standard InChI is InChI=1S/C11H19NO7/c13-3-7-2-9(14)10(15)11(18-7)19-8-1-6(12-16)4-17-5-8/h6-11,13-15H,1-5H2/t6-,7-,8+,9-,10+,11-/m1/s1. The van der Waals surface area contributed by atoms with E-state index in [1.165, 1.54) is 0 Å². The summed E-state index contributed by atoms with van der Waals surface area (Å²) < 4.78 is 16.0. The summed E-state index contributed by atoms with van der Waals surface area (Å²) in [6.07, 6.45) is -3.71. The Labute approximate surface area is 110 Å². The predicted molar refractivity (Wildman–Crippen MR) is 62.3 cm³/mol. The van der Waals surface area contributed by atoms with Gasteiger partial charge < -0.3 is 29.5 Å². The summed E-state index contributed by atoms with van der Waals surface area (Å²) in [5, 5.41) is 31.4. The van der Waals surface area contributed by atoms with Crippen molar-refractivity contribution in [2.45, 2.75) is 49.6 Å². The SMILES string of the molecule is O=N[C@H]1COC[C@@H](O[C@H]2O[C@@H](CO)C[C@@H](O)[C@@H]2O)C1. The fraction of sp³-hybridized carbons (Fsp3) is 1.00. The van der Waals surface area contributed by atoms with Crippen molar-refractivity contribution in [2.75, 3.05) is 19.8 Å². The Kier molecular flexibility index (Phi) is 5.20. The van der Waals surface area contributed by atoms with Crippen LogP contribution in [0.3, 0.4) is 0 Å². The van der Waals surface area contributed by atoms with Crippen LogP contribution < -0.4 is 0 Å². The van der Waals surface area contributed by atoms with E-state index in [1.807, 2.05) is 0 Å². The molecule has 0 unspecified atom stereocenters. The number of aliphatic hydroxyl groups excluding tert-OH is 3. The van der Waals surface area contributed by atoms with Gasteiger partial charge in [0.15, 0.2) is 6.29 Å². The number of hydrogen-bond acceptors (Lipinski definition) is 8. The van der Waals surface area contributed by atoms with Gasteiger partial charge in [0.25, 0.3) is 0 Å². The number of nitroso groups, excluding NO2 is 1. The Morgan fingerprint density at radius 1 is 1.26 bits per heavy atom. The van der Waals surface area contributed by atoms with E-state index in [9.17, 15) is 15.1 Å². The molecule has 0 amide bonds. The number of nitrogens with zero attached hydrogens (tertiary/aromatic N) is 1. The van der Waals surface area contributed by atoms with Crippen molar-refractivity contribution < 1.29 is 29.5 Å². The molecule has 8 heteroatoms. The first-order valence-electron chi connectivity index (χ1n) is 6.32. The third kappa shape index (κ3) is 3.68. The molecule has 2 rings (SSSR count). The number of aliphatic hydroxyl groups is 3. The van der Waals surface area contributed by atoms with Crippen LogP contribution in [0.5, 0.6) is 0 Å². The van der Waals surface area contributed by atoms with E-state index >= 15 is 0 Å². The van der Waals surface area contributed by atoms with Crippen LogP contribution in [0.1, 0.15) is 12.8 Å². The van der Waals surface area contributed by atoms with Gasteiger partial charge in [0.05, 0.1) is 38.1 Å². The smallest absolute Gasteiger partial charge is 0.186 e. The van der Waals surface area contributed by atoms with E-state index in [1.54, 1.807) is 0 Å². The van der Waals surface area contributed by atoms with E-state index in [0.29, 0.717) is 6.42 Å². The zero-order valence-electron chi connectivity index (χ0n) is 10.4. The normalized spacial score (nSPS) is 43.9. The Bertz CT molecular complexity index is 303. The molecular weight excluding hydrogens is 258 g/mol. The largest absolute Gasteiger partial charge is 0.394 e. The number of hydrogen-bond donors (Lipinski definition) is 3. The second-order valence-corrected chi connectivity index (χ2v) is 4.89. The Hall–Kier alpha value is -0.640. The summed E-state index contributed by atoms with van der Waals surface area (Å²) in [6.45, 7) is 0.279. The molecule has 2 saturated heterocycles. The van der Waals surface area contributed by atoms with E-state index in [-0.39, 0.29) is 26.2 Å². The minimum absolute atomic E-state index is 0.150. The summed E-state index contributed by atoms with van der Waals surface area (Å²) in [5.74, 6) is 0. The van der Waals surface area contributed by atoms with Crippen LogP contribution in [0.4, 0.5) is 0 Å². The Balaban J connectivity index is 1.90. The lowest BCUT2D eigenvalue weighted by molar-refractivity contribution is -0.291. The number of rotatable bonds is 4. The zero-order valence-corrected chi connectivity index (χ0v) is 10.4. The van der Waals surface area contributed by atoms with E-state index in [0.717, 1.165) is 0 Å². The number of ether oxygens (including phenoxy) is 3. The van der Waals surface area contributed by atoms with Crippen molar-refractivity contribution >= 4 is 0 Å². The third-order valence-corrected chi connectivity index (χ3v) is 3.33. The van der Waals surface area contributed by atoms with E-state index in [2.05, 4.69) is 5.18 Å². The molecule has 0 spiro atoms. The molecule has 0 aromatic heterocycles. The highest BCUT2D eigenvalue weighted by molar-refractivity contribution is 4.83. The monoisotopic (exact) mass is 277 g/mol. The molecule has 110 valence electrons. The minimum Gasteiger partial charge on any atom is -0.394 e. The maximum Gasteiger partial charge on any atom is 0.186 e. The second kappa shape index (κ2) is 6.69. The average Bonchev–Trinajstić information content (AvgIpc) is 2.43. The lowest BCUT2D eigenvalue weighted by Crippen LogP contribution is -2.52. The van der Waals surface area contributed by atoms with Crippen molar-refractivity contribution in [3.05, 3.63) is 4.91 Å². The van der Waals surface area contributed by atoms with Crippen molar-refractivity contribution in [1.29, 1.82) is 0 Å². The minimum atomic E-state index is -1.19. The highest BCUT2D eigenvalue weighted by Gasteiger charge is 2.39. The second-order valence-electron chi connectivity index (χ2n) is 4.89. The molecule has 0 bridgehead atoms. The van der Waals surface area contributed by atoms with Gasteiger partial charge in [0.1, 0.15) is 12.1 Å². The topological polar surface area (TPSA) is 118 Å². The van der Waals surface area contributed by atoms with Gasteiger partial charge in [0.2, 0.25) is 0 Å². The van der Waals surface area contributed by atoms with Gasteiger partial charge in [-0.1, -0.05) is 5.18 Å². The molecule has 2 aliphatic rings. The summed E-state index contributed by atoms with van der Waals surface area (Å²) in [6, 6.07) is -0.474. The van der Waals surface area contributed by atoms with Crippen LogP contribution >= 0.6 is 0 Å². The Morgan fingerprint density at radius 2 is 2.05 bits per heavy atom. The van der Waals surface area contributed by atoms with Crippen LogP contribution in [0.2, 0.25) is 0 Å². The van der Waals surface area contributed by atoms with Gasteiger partial charge in [-0.3, -0.25) is 0 Å². The molecule has 2 aliphatic heterocycles. The fourth-order valence-corrected chi connectivity index (χ4v) is 2.28. The maximum atomic E-state index is 10.5. The molecule has 19 heavy (non-hydrogen) atoms. The molecular formula is C11H19NO7. The van der Waals surface area contributed by atoms with Gasteiger partial charge in [-0.15, -0.1) is 0 Å². The van der Waals surface area contributed by atoms with Crippen LogP contribution in [-0.4, -0.2) is 71.9 Å². The van der Waals surface area contributed by atoms with Gasteiger partial charge in [-0.2, -0.15) is 4.91 Å². The molecule has 8 nitrogen and oxygen atoms in total. The average molecular weight is 277 g/mol. The van der Waals surface area contributed by atoms with Crippen molar-refractivity contribution in [3.63, 3.8) is 0 Å². The molecule has 6 atom stereocenters. The lowest BCUT2D eigenvalue weighted by Gasteiger charge is -2.38. The van der Waals surface area contributed by atoms with E-state index < -0.39 is 36.7 Å². The summed E-state index contributed by atoms with van der Waals surface area (Å²) in [4.78, 5) is 10.5. The third-order valence-electron chi connectivity index (χ3n) is 3.33. The highest BCUT2D eigenvalue weighted by Crippen LogP contribution is 2.24. The van der Waals surface area contributed by atoms with Crippen LogP contribution in [0, 0.1) is 4.91 Å². The van der Waals surface area contributed by atoms with Gasteiger partial charge in [0, 0.05) is 12.8 Å². The molecule has 0 aromatic rings. The summed E-state index contributed by atoms with van der Waals surface area (Å²) in [7, 11) is 0. The quantitative estimate of drug-likeness (QED) is 0.550. The van der Waals surface area contributed by atoms with Crippen molar-refractivity contribution in [1.82, 2.24) is 0 Å². The molecule has 2 heterocycles. The molecule has 0 aliphatic carbocycles. The molecule has 3 N–H and O–H groups in total. The maximum absolute atomic E-state index is 10.5. The van der Waals surface area contributed by atoms with Gasteiger partial charge in [-0.05, 0) is 0 Å². The zero-order chi connectivity index (χ0) is 13.8. The van der Waals surface area contributed by atoms with Crippen molar-refractivity contribution in [2.24, 2.45) is 5.18 Å². The summed E-state index contributed by atoms with van der Waals surface area (Å²) >= 11 is 0. The lowest BCUT2D eigenvalue weighted by atomic mass is 10.0. The van der Waals surface area contributed by atoms with Gasteiger partial charge in [-0.25, -0.2) is 0 Å².